The molecule has 0 radical (unpaired) electrons. The first-order chi connectivity index (χ1) is 16.9. The molecule has 0 aliphatic carbocycles. The molecule has 0 aromatic heterocycles. The lowest BCUT2D eigenvalue weighted by Crippen LogP contribution is -2.59. The van der Waals surface area contributed by atoms with Gasteiger partial charge in [0.25, 0.3) is 0 Å². The average molecular weight is 476 g/mol. The van der Waals surface area contributed by atoms with Crippen molar-refractivity contribution in [2.45, 2.75) is 37.9 Å². The zero-order valence-electron chi connectivity index (χ0n) is 20.3. The number of rotatable bonds is 13. The van der Waals surface area contributed by atoms with Gasteiger partial charge in [0.15, 0.2) is 0 Å². The van der Waals surface area contributed by atoms with Crippen LogP contribution in [0.4, 0.5) is 0 Å². The van der Waals surface area contributed by atoms with E-state index in [4.69, 9.17) is 4.74 Å². The third-order valence-electron chi connectivity index (χ3n) is 5.83. The van der Waals surface area contributed by atoms with Crippen LogP contribution in [0.1, 0.15) is 24.5 Å². The molecule has 0 saturated carbocycles. The number of ether oxygens (including phenoxy) is 1. The summed E-state index contributed by atoms with van der Waals surface area (Å²) in [6.07, 6.45) is 1.52. The SMILES string of the molecule is COCC(NC(=O)CCc1ccccc1)C(=O)NC(C)(C=O)CNCc1cccc2ccccc12. The third kappa shape index (κ3) is 7.73. The van der Waals surface area contributed by atoms with Crippen LogP contribution in [0, 0.1) is 0 Å². The van der Waals surface area contributed by atoms with E-state index in [9.17, 15) is 14.4 Å². The van der Waals surface area contributed by atoms with Crippen LogP contribution in [0.15, 0.2) is 72.8 Å². The molecule has 0 spiro atoms. The summed E-state index contributed by atoms with van der Waals surface area (Å²) in [5.74, 6) is -0.727. The van der Waals surface area contributed by atoms with E-state index in [-0.39, 0.29) is 25.5 Å². The van der Waals surface area contributed by atoms with Crippen LogP contribution < -0.4 is 16.0 Å². The maximum Gasteiger partial charge on any atom is 0.245 e. The van der Waals surface area contributed by atoms with Crippen LogP contribution in [0.5, 0.6) is 0 Å². The van der Waals surface area contributed by atoms with Crippen molar-refractivity contribution in [3.63, 3.8) is 0 Å². The topological polar surface area (TPSA) is 96.5 Å². The minimum Gasteiger partial charge on any atom is -0.382 e. The largest absolute Gasteiger partial charge is 0.382 e. The smallest absolute Gasteiger partial charge is 0.245 e. The summed E-state index contributed by atoms with van der Waals surface area (Å²) in [6.45, 7) is 2.42. The Balaban J connectivity index is 1.55. The molecule has 7 heteroatoms. The number of fused-ring (bicyclic) bond motifs is 1. The fraction of sp³-hybridized carbons (Fsp3) is 0.321. The van der Waals surface area contributed by atoms with Crippen molar-refractivity contribution in [3.05, 3.63) is 83.9 Å². The van der Waals surface area contributed by atoms with Gasteiger partial charge in [-0.25, -0.2) is 0 Å². The van der Waals surface area contributed by atoms with Crippen LogP contribution >= 0.6 is 0 Å². The van der Waals surface area contributed by atoms with Crippen LogP contribution in [-0.4, -0.2) is 49.9 Å². The lowest BCUT2D eigenvalue weighted by Gasteiger charge is -2.28. The van der Waals surface area contributed by atoms with E-state index in [1.54, 1.807) is 6.92 Å². The second kappa shape index (κ2) is 12.8. The average Bonchev–Trinajstić information content (AvgIpc) is 2.88. The molecule has 2 amide bonds. The Morgan fingerprint density at radius 2 is 1.71 bits per heavy atom. The van der Waals surface area contributed by atoms with E-state index < -0.39 is 17.5 Å². The van der Waals surface area contributed by atoms with Crippen molar-refractivity contribution in [2.75, 3.05) is 20.3 Å². The van der Waals surface area contributed by atoms with Gasteiger partial charge in [0.1, 0.15) is 17.9 Å². The molecule has 3 rings (SSSR count). The molecule has 184 valence electrons. The highest BCUT2D eigenvalue weighted by Gasteiger charge is 2.30. The first kappa shape index (κ1) is 26.1. The van der Waals surface area contributed by atoms with E-state index in [1.165, 1.54) is 7.11 Å². The molecule has 0 aliphatic rings. The second-order valence-electron chi connectivity index (χ2n) is 8.83. The van der Waals surface area contributed by atoms with Gasteiger partial charge in [0.05, 0.1) is 6.61 Å². The molecule has 7 nitrogen and oxygen atoms in total. The molecule has 3 N–H and O–H groups in total. The number of carbonyl (C=O) groups excluding carboxylic acids is 3. The summed E-state index contributed by atoms with van der Waals surface area (Å²) < 4.78 is 5.14. The van der Waals surface area contributed by atoms with E-state index in [1.807, 2.05) is 54.6 Å². The molecule has 3 aromatic carbocycles. The highest BCUT2D eigenvalue weighted by atomic mass is 16.5. The van der Waals surface area contributed by atoms with E-state index in [2.05, 4.69) is 34.1 Å². The molecule has 35 heavy (non-hydrogen) atoms. The normalized spacial score (nSPS) is 13.5. The Kier molecular flexibility index (Phi) is 9.52. The van der Waals surface area contributed by atoms with Gasteiger partial charge in [-0.2, -0.15) is 0 Å². The van der Waals surface area contributed by atoms with Crippen LogP contribution in [-0.2, 0) is 32.1 Å². The summed E-state index contributed by atoms with van der Waals surface area (Å²) >= 11 is 0. The van der Waals surface area contributed by atoms with Gasteiger partial charge in [-0.3, -0.25) is 9.59 Å². The van der Waals surface area contributed by atoms with Crippen LogP contribution in [0.25, 0.3) is 10.8 Å². The van der Waals surface area contributed by atoms with E-state index >= 15 is 0 Å². The number of hydrogen-bond acceptors (Lipinski definition) is 5. The predicted octanol–water partition coefficient (Wildman–Crippen LogP) is 2.77. The number of aldehydes is 1. The van der Waals surface area contributed by atoms with Crippen molar-refractivity contribution in [2.24, 2.45) is 0 Å². The van der Waals surface area contributed by atoms with Crippen molar-refractivity contribution in [1.82, 2.24) is 16.0 Å². The molecule has 0 fully saturated rings. The van der Waals surface area contributed by atoms with Crippen LogP contribution in [0.2, 0.25) is 0 Å². The maximum atomic E-state index is 12.9. The molecule has 2 unspecified atom stereocenters. The van der Waals surface area contributed by atoms with Crippen molar-refractivity contribution in [1.29, 1.82) is 0 Å². The predicted molar refractivity (Wildman–Crippen MR) is 137 cm³/mol. The Labute approximate surface area is 206 Å². The number of methoxy groups -OCH3 is 1. The lowest BCUT2D eigenvalue weighted by atomic mass is 10.0. The molecule has 0 saturated heterocycles. The van der Waals surface area contributed by atoms with Crippen LogP contribution in [0.3, 0.4) is 0 Å². The first-order valence-electron chi connectivity index (χ1n) is 11.7. The molecular weight excluding hydrogens is 442 g/mol. The molecule has 0 aliphatic heterocycles. The van der Waals surface area contributed by atoms with Crippen molar-refractivity contribution < 1.29 is 19.1 Å². The molecule has 0 heterocycles. The quantitative estimate of drug-likeness (QED) is 0.331. The van der Waals surface area contributed by atoms with Crippen molar-refractivity contribution >= 4 is 28.9 Å². The minimum atomic E-state index is -1.15. The zero-order chi connectivity index (χ0) is 25.1. The van der Waals surface area contributed by atoms with Gasteiger partial charge in [-0.1, -0.05) is 72.8 Å². The number of aryl methyl sites for hydroxylation is 1. The second-order valence-corrected chi connectivity index (χ2v) is 8.83. The van der Waals surface area contributed by atoms with Gasteiger partial charge >= 0.3 is 0 Å². The van der Waals surface area contributed by atoms with E-state index in [0.717, 1.165) is 21.9 Å². The summed E-state index contributed by atoms with van der Waals surface area (Å²) in [6, 6.07) is 22.9. The summed E-state index contributed by atoms with van der Waals surface area (Å²) in [4.78, 5) is 37.3. The third-order valence-corrected chi connectivity index (χ3v) is 5.83. The summed E-state index contributed by atoms with van der Waals surface area (Å²) in [5, 5.41) is 11.0. The monoisotopic (exact) mass is 475 g/mol. The maximum absolute atomic E-state index is 12.9. The van der Waals surface area contributed by atoms with Gasteiger partial charge in [0.2, 0.25) is 11.8 Å². The summed E-state index contributed by atoms with van der Waals surface area (Å²) in [7, 11) is 1.46. The van der Waals surface area contributed by atoms with Gasteiger partial charge in [-0.15, -0.1) is 0 Å². The number of benzene rings is 3. The van der Waals surface area contributed by atoms with Gasteiger partial charge in [0, 0.05) is 26.6 Å². The molecule has 0 bridgehead atoms. The lowest BCUT2D eigenvalue weighted by molar-refractivity contribution is -0.132. The zero-order valence-corrected chi connectivity index (χ0v) is 20.3. The highest BCUT2D eigenvalue weighted by molar-refractivity contribution is 5.90. The Bertz CT molecular complexity index is 1130. The molecular formula is C28H33N3O4. The highest BCUT2D eigenvalue weighted by Crippen LogP contribution is 2.18. The summed E-state index contributed by atoms with van der Waals surface area (Å²) in [5.41, 5.74) is 0.995. The fourth-order valence-corrected chi connectivity index (χ4v) is 3.91. The van der Waals surface area contributed by atoms with Crippen molar-refractivity contribution in [3.8, 4) is 0 Å². The standard InChI is InChI=1S/C28H33N3O4/c1-28(20-32,19-29-17-23-13-8-12-22-11-6-7-14-24(22)23)31-27(34)25(18-35-2)30-26(33)16-15-21-9-4-3-5-10-21/h3-14,20,25,29H,15-19H2,1-2H3,(H,30,33)(H,31,34). The number of amides is 2. The Hall–Kier alpha value is -3.55. The first-order valence-corrected chi connectivity index (χ1v) is 11.7. The number of nitrogens with one attached hydrogen (secondary N) is 3. The number of hydrogen-bond donors (Lipinski definition) is 3. The Morgan fingerprint density at radius 3 is 2.46 bits per heavy atom. The van der Waals surface area contributed by atoms with Gasteiger partial charge in [-0.05, 0) is 35.2 Å². The number of carbonyl (C=O) groups is 3. The molecule has 2 atom stereocenters. The van der Waals surface area contributed by atoms with Gasteiger partial charge < -0.3 is 25.5 Å². The Morgan fingerprint density at radius 1 is 1.00 bits per heavy atom. The van der Waals surface area contributed by atoms with E-state index in [0.29, 0.717) is 19.3 Å². The molecule has 3 aromatic rings. The minimum absolute atomic E-state index is 0.00127. The fourth-order valence-electron chi connectivity index (χ4n) is 3.91.